The molecule has 1 aromatic rings. The molecule has 4 heterocycles. The predicted octanol–water partition coefficient (Wildman–Crippen LogP) is -1.01. The standard InChI is InChI=1S/C33H43N7O9/c1-33(2,3)49-32(48)40-20-22-9-10-23(40)19-39(22)30(46)18-36-31(47)24(15-21-7-5-4-6-8-21)37-27(43)17-35-26(42)16-34-25(41)13-14-38-28(44)11-12-29(38)45/h4-8,11-12,22-24H,9-10,13-20H2,1-3H3,(H,34,41)(H,35,42)(H,36,47)(H,37,43)/t22-,23-,24-/m0/s1. The number of rotatable bonds is 13. The summed E-state index contributed by atoms with van der Waals surface area (Å²) < 4.78 is 5.52. The molecule has 1 aromatic carbocycles. The van der Waals surface area contributed by atoms with Gasteiger partial charge in [-0.1, -0.05) is 30.3 Å². The number of hydrogen-bond acceptors (Lipinski definition) is 9. The van der Waals surface area contributed by atoms with E-state index in [1.54, 1.807) is 54.8 Å². The van der Waals surface area contributed by atoms with E-state index in [1.807, 2.05) is 6.07 Å². The number of carbonyl (C=O) groups excluding carboxylic acids is 8. The van der Waals surface area contributed by atoms with Crippen LogP contribution in [0.25, 0.3) is 0 Å². The first kappa shape index (κ1) is 36.6. The maximum atomic E-state index is 13.3. The minimum atomic E-state index is -1.06. The number of hydrogen-bond donors (Lipinski definition) is 4. The molecule has 16 heteroatoms. The summed E-state index contributed by atoms with van der Waals surface area (Å²) in [7, 11) is 0. The van der Waals surface area contributed by atoms with Gasteiger partial charge in [-0.2, -0.15) is 0 Å². The summed E-state index contributed by atoms with van der Waals surface area (Å²) in [5.41, 5.74) is 0.118. The number of nitrogens with zero attached hydrogens (tertiary/aromatic N) is 3. The smallest absolute Gasteiger partial charge is 0.410 e. The van der Waals surface area contributed by atoms with Gasteiger partial charge in [0.2, 0.25) is 29.5 Å². The van der Waals surface area contributed by atoms with Crippen LogP contribution in [0.4, 0.5) is 4.79 Å². The maximum absolute atomic E-state index is 13.3. The van der Waals surface area contributed by atoms with Gasteiger partial charge in [0.15, 0.2) is 0 Å². The van der Waals surface area contributed by atoms with Gasteiger partial charge < -0.3 is 35.8 Å². The van der Waals surface area contributed by atoms with E-state index in [4.69, 9.17) is 4.74 Å². The molecule has 4 aliphatic heterocycles. The molecule has 16 nitrogen and oxygen atoms in total. The molecule has 5 rings (SSSR count). The van der Waals surface area contributed by atoms with Gasteiger partial charge in [-0.15, -0.1) is 0 Å². The second-order valence-electron chi connectivity index (χ2n) is 13.1. The van der Waals surface area contributed by atoms with Crippen molar-refractivity contribution in [2.75, 3.05) is 39.3 Å². The Hall–Kier alpha value is -5.28. The monoisotopic (exact) mass is 681 g/mol. The number of piperidine rings is 2. The van der Waals surface area contributed by atoms with Gasteiger partial charge in [-0.25, -0.2) is 4.79 Å². The van der Waals surface area contributed by atoms with E-state index in [1.165, 1.54) is 0 Å². The molecule has 4 aliphatic rings. The molecule has 3 saturated heterocycles. The quantitative estimate of drug-likeness (QED) is 0.188. The third-order valence-corrected chi connectivity index (χ3v) is 8.18. The Morgan fingerprint density at radius 2 is 1.39 bits per heavy atom. The van der Waals surface area contributed by atoms with Crippen LogP contribution in [0.1, 0.15) is 45.6 Å². The third-order valence-electron chi connectivity index (χ3n) is 8.18. The Labute approximate surface area is 283 Å². The molecule has 0 unspecified atom stereocenters. The average molecular weight is 682 g/mol. The molecule has 49 heavy (non-hydrogen) atoms. The molecule has 3 atom stereocenters. The lowest BCUT2D eigenvalue weighted by atomic mass is 9.91. The molecule has 8 amide bonds. The van der Waals surface area contributed by atoms with Crippen LogP contribution in [0.2, 0.25) is 0 Å². The first-order valence-corrected chi connectivity index (χ1v) is 16.2. The molecule has 264 valence electrons. The van der Waals surface area contributed by atoms with Crippen LogP contribution in [0.15, 0.2) is 42.5 Å². The van der Waals surface area contributed by atoms with Crippen molar-refractivity contribution in [2.45, 2.75) is 70.2 Å². The largest absolute Gasteiger partial charge is 0.444 e. The molecule has 4 N–H and O–H groups in total. The highest BCUT2D eigenvalue weighted by Gasteiger charge is 2.44. The first-order chi connectivity index (χ1) is 23.2. The van der Waals surface area contributed by atoms with Gasteiger partial charge in [-0.05, 0) is 39.2 Å². The van der Waals surface area contributed by atoms with Gasteiger partial charge >= 0.3 is 6.09 Å². The van der Waals surface area contributed by atoms with Crippen LogP contribution in [-0.4, -0.2) is 125 Å². The minimum Gasteiger partial charge on any atom is -0.444 e. The number of ether oxygens (including phenoxy) is 1. The van der Waals surface area contributed by atoms with Crippen molar-refractivity contribution in [3.8, 4) is 0 Å². The molecular formula is C33H43N7O9. The lowest BCUT2D eigenvalue weighted by molar-refractivity contribution is -0.142. The molecule has 0 saturated carbocycles. The Balaban J connectivity index is 1.23. The molecule has 0 radical (unpaired) electrons. The highest BCUT2D eigenvalue weighted by Crippen LogP contribution is 2.30. The highest BCUT2D eigenvalue weighted by atomic mass is 16.6. The van der Waals surface area contributed by atoms with Crippen molar-refractivity contribution in [3.05, 3.63) is 48.0 Å². The van der Waals surface area contributed by atoms with Gasteiger partial charge in [0.25, 0.3) is 11.8 Å². The van der Waals surface area contributed by atoms with E-state index in [0.29, 0.717) is 13.1 Å². The lowest BCUT2D eigenvalue weighted by Gasteiger charge is -2.51. The molecule has 0 aromatic heterocycles. The zero-order chi connectivity index (χ0) is 35.7. The second kappa shape index (κ2) is 16.2. The van der Waals surface area contributed by atoms with Crippen molar-refractivity contribution < 1.29 is 43.1 Å². The zero-order valence-corrected chi connectivity index (χ0v) is 27.9. The van der Waals surface area contributed by atoms with Crippen molar-refractivity contribution >= 4 is 47.4 Å². The van der Waals surface area contributed by atoms with Crippen LogP contribution in [0, 0.1) is 0 Å². The number of imide groups is 1. The Bertz CT molecular complexity index is 1470. The van der Waals surface area contributed by atoms with E-state index in [-0.39, 0.29) is 43.9 Å². The molecule has 3 fully saturated rings. The summed E-state index contributed by atoms with van der Waals surface area (Å²) in [6.07, 6.45) is 3.19. The van der Waals surface area contributed by atoms with Crippen molar-refractivity contribution in [3.63, 3.8) is 0 Å². The molecule has 0 aliphatic carbocycles. The maximum Gasteiger partial charge on any atom is 0.410 e. The summed E-state index contributed by atoms with van der Waals surface area (Å²) in [6.45, 7) is 4.70. The van der Waals surface area contributed by atoms with E-state index in [0.717, 1.165) is 35.5 Å². The number of piperazine rings is 1. The van der Waals surface area contributed by atoms with Gasteiger partial charge in [0, 0.05) is 50.7 Å². The van der Waals surface area contributed by atoms with E-state index < -0.39 is 66.3 Å². The molecule has 2 bridgehead atoms. The van der Waals surface area contributed by atoms with Crippen molar-refractivity contribution in [1.29, 1.82) is 0 Å². The van der Waals surface area contributed by atoms with Gasteiger partial charge in [0.1, 0.15) is 11.6 Å². The summed E-state index contributed by atoms with van der Waals surface area (Å²) in [6, 6.07) is 7.50. The van der Waals surface area contributed by atoms with Crippen molar-refractivity contribution in [1.82, 2.24) is 36.0 Å². The number of carbonyl (C=O) groups is 8. The zero-order valence-electron chi connectivity index (χ0n) is 27.9. The van der Waals surface area contributed by atoms with E-state index in [2.05, 4.69) is 21.3 Å². The second-order valence-corrected chi connectivity index (χ2v) is 13.1. The summed E-state index contributed by atoms with van der Waals surface area (Å²) in [5, 5.41) is 9.95. The third kappa shape index (κ3) is 10.6. The van der Waals surface area contributed by atoms with Crippen LogP contribution in [-0.2, 0) is 44.7 Å². The predicted molar refractivity (Wildman–Crippen MR) is 173 cm³/mol. The SMILES string of the molecule is CC(C)(C)OC(=O)N1C[C@@H]2CC[C@H]1CN2C(=O)CNC(=O)[C@H](Cc1ccccc1)NC(=O)CNC(=O)CNC(=O)CCN1C(=O)C=CC1=O. The summed E-state index contributed by atoms with van der Waals surface area (Å²) in [5.74, 6) is -3.85. The fourth-order valence-electron chi connectivity index (χ4n) is 5.74. The fraction of sp³-hybridized carbons (Fsp3) is 0.515. The average Bonchev–Trinajstić information content (AvgIpc) is 3.39. The van der Waals surface area contributed by atoms with E-state index in [9.17, 15) is 38.4 Å². The number of amides is 8. The number of benzene rings is 1. The first-order valence-electron chi connectivity index (χ1n) is 16.2. The summed E-state index contributed by atoms with van der Waals surface area (Å²) >= 11 is 0. The minimum absolute atomic E-state index is 0.118. The molecular weight excluding hydrogens is 638 g/mol. The lowest BCUT2D eigenvalue weighted by Crippen LogP contribution is -2.66. The normalized spacial score (nSPS) is 19.0. The Morgan fingerprint density at radius 1 is 0.796 bits per heavy atom. The van der Waals surface area contributed by atoms with Crippen LogP contribution in [0.3, 0.4) is 0 Å². The van der Waals surface area contributed by atoms with Crippen molar-refractivity contribution in [2.24, 2.45) is 0 Å². The number of fused-ring (bicyclic) bond motifs is 3. The number of nitrogens with one attached hydrogen (secondary N) is 4. The topological polar surface area (TPSA) is 204 Å². The van der Waals surface area contributed by atoms with Gasteiger partial charge in [-0.3, -0.25) is 38.5 Å². The van der Waals surface area contributed by atoms with Crippen LogP contribution >= 0.6 is 0 Å². The Morgan fingerprint density at radius 3 is 2.00 bits per heavy atom. The molecule has 0 spiro atoms. The van der Waals surface area contributed by atoms with Gasteiger partial charge in [0.05, 0.1) is 25.7 Å². The van der Waals surface area contributed by atoms with Crippen LogP contribution < -0.4 is 21.3 Å². The summed E-state index contributed by atoms with van der Waals surface area (Å²) in [4.78, 5) is 104. The highest BCUT2D eigenvalue weighted by molar-refractivity contribution is 6.13. The van der Waals surface area contributed by atoms with E-state index >= 15 is 0 Å². The van der Waals surface area contributed by atoms with Crippen LogP contribution in [0.5, 0.6) is 0 Å². The Kier molecular flexibility index (Phi) is 12.1. The fourth-order valence-corrected chi connectivity index (χ4v) is 5.74.